The first-order valence-electron chi connectivity index (χ1n) is 2.21. The van der Waals surface area contributed by atoms with Gasteiger partial charge in [0.25, 0.3) is 0 Å². The van der Waals surface area contributed by atoms with E-state index in [2.05, 4.69) is 19.4 Å². The van der Waals surface area contributed by atoms with Gasteiger partial charge >= 0.3 is 45.0 Å². The van der Waals surface area contributed by atoms with Crippen molar-refractivity contribution in [2.45, 2.75) is 19.7 Å². The molecule has 0 heterocycles. The molecule has 3 heteroatoms. The van der Waals surface area contributed by atoms with Gasteiger partial charge in [-0.2, -0.15) is 0 Å². The van der Waals surface area contributed by atoms with E-state index in [4.69, 9.17) is 0 Å². The van der Waals surface area contributed by atoms with Gasteiger partial charge in [0.2, 0.25) is 0 Å². The van der Waals surface area contributed by atoms with Crippen molar-refractivity contribution in [3.63, 3.8) is 0 Å². The molecule has 0 aliphatic rings. The topological polar surface area (TPSA) is 0 Å². The van der Waals surface area contributed by atoms with Crippen molar-refractivity contribution in [2.75, 3.05) is 0 Å². The van der Waals surface area contributed by atoms with Crippen molar-refractivity contribution < 1.29 is 0 Å². The van der Waals surface area contributed by atoms with E-state index < -0.39 is 0 Å². The van der Waals surface area contributed by atoms with E-state index in [0.29, 0.717) is 0 Å². The Hall–Kier alpha value is 0.480. The second-order valence-corrected chi connectivity index (χ2v) is 1.47. The first-order valence-corrected chi connectivity index (χ1v) is 2.72. The number of hydrogen-bond donors (Lipinski definition) is 1. The molecular weight excluding hydrogens is 89.7 g/mol. The van der Waals surface area contributed by atoms with Gasteiger partial charge in [0.1, 0.15) is 0 Å². The standard InChI is InChI=1S/C3H8B2S/c1-2-3-4-5-6/h6H,2-3H2,1H3. The molecule has 32 valence electrons. The SMILES string of the molecule is CCCB=BS. The minimum absolute atomic E-state index is 1.16. The van der Waals surface area contributed by atoms with Crippen LogP contribution in [0.5, 0.6) is 0 Å². The Balaban J connectivity index is 2.66. The molecule has 0 spiro atoms. The summed E-state index contributed by atoms with van der Waals surface area (Å²) in [6.45, 7) is 4.19. The van der Waals surface area contributed by atoms with Crippen molar-refractivity contribution in [1.29, 1.82) is 0 Å². The van der Waals surface area contributed by atoms with Gasteiger partial charge in [0, 0.05) is 0 Å². The monoisotopic (exact) mass is 98.1 g/mol. The zero-order chi connectivity index (χ0) is 4.83. The Morgan fingerprint density at radius 1 is 1.67 bits per heavy atom. The van der Waals surface area contributed by atoms with Gasteiger partial charge in [-0.15, -0.1) is 0 Å². The van der Waals surface area contributed by atoms with E-state index in [1.54, 1.807) is 6.08 Å². The molecule has 0 unspecified atom stereocenters. The van der Waals surface area contributed by atoms with Crippen molar-refractivity contribution in [3.8, 4) is 0 Å². The van der Waals surface area contributed by atoms with Crippen LogP contribution in [-0.4, -0.2) is 12.9 Å². The van der Waals surface area contributed by atoms with E-state index in [-0.39, 0.29) is 0 Å². The molecule has 0 saturated carbocycles. The molecule has 0 atom stereocenters. The summed E-state index contributed by atoms with van der Waals surface area (Å²) in [7, 11) is 0. The molecule has 0 bridgehead atoms. The summed E-state index contributed by atoms with van der Waals surface area (Å²) in [4.78, 5) is 0. The third-order valence-electron chi connectivity index (χ3n) is 0.561. The molecule has 0 saturated heterocycles. The molecule has 0 aliphatic heterocycles. The molecule has 0 aromatic rings. The fourth-order valence-electron chi connectivity index (χ4n) is 0.241. The van der Waals surface area contributed by atoms with Crippen molar-refractivity contribution in [3.05, 3.63) is 0 Å². The number of rotatable bonds is 2. The predicted molar refractivity (Wildman–Crippen MR) is 35.6 cm³/mol. The zero-order valence-corrected chi connectivity index (χ0v) is 4.91. The molecule has 0 radical (unpaired) electrons. The molecule has 0 N–H and O–H groups in total. The van der Waals surface area contributed by atoms with Crippen LogP contribution >= 0.6 is 12.5 Å². The summed E-state index contributed by atoms with van der Waals surface area (Å²) in [5, 5.41) is 0. The first kappa shape index (κ1) is 6.48. The van der Waals surface area contributed by atoms with Crippen LogP contribution in [0.3, 0.4) is 0 Å². The molecule has 6 heavy (non-hydrogen) atoms. The second-order valence-electron chi connectivity index (χ2n) is 1.17. The van der Waals surface area contributed by atoms with Gasteiger partial charge in [-0.05, 0) is 0 Å². The molecule has 0 fully saturated rings. The quantitative estimate of drug-likeness (QED) is 0.386. The number of thiol groups is 1. The van der Waals surface area contributed by atoms with Crippen molar-refractivity contribution in [2.24, 2.45) is 0 Å². The van der Waals surface area contributed by atoms with Crippen LogP contribution in [0.25, 0.3) is 0 Å². The van der Waals surface area contributed by atoms with Gasteiger partial charge < -0.3 is 0 Å². The van der Waals surface area contributed by atoms with Crippen molar-refractivity contribution in [1.82, 2.24) is 0 Å². The third kappa shape index (κ3) is 4.48. The Bertz CT molecular complexity index is 44.1. The Morgan fingerprint density at radius 3 is 2.50 bits per heavy atom. The summed E-state index contributed by atoms with van der Waals surface area (Å²) >= 11 is 3.87. The van der Waals surface area contributed by atoms with Crippen LogP contribution in [-0.2, 0) is 0 Å². The Kier molecular flexibility index (Phi) is 5.92. The van der Waals surface area contributed by atoms with Crippen LogP contribution in [0.1, 0.15) is 13.3 Å². The van der Waals surface area contributed by atoms with E-state index in [1.807, 2.05) is 6.80 Å². The molecule has 0 nitrogen and oxygen atoms in total. The normalized spacial score (nSPS) is 7.67. The van der Waals surface area contributed by atoms with Crippen molar-refractivity contribution >= 4 is 25.4 Å². The predicted octanol–water partition coefficient (Wildman–Crippen LogP) is 0.983. The summed E-state index contributed by atoms with van der Waals surface area (Å²) in [5.41, 5.74) is 0. The average Bonchev–Trinajstić information content (AvgIpc) is 1.61. The summed E-state index contributed by atoms with van der Waals surface area (Å²) in [5.74, 6) is 0. The summed E-state index contributed by atoms with van der Waals surface area (Å²) in [6, 6.07) is 0. The van der Waals surface area contributed by atoms with Gasteiger partial charge in [-0.25, -0.2) is 0 Å². The van der Waals surface area contributed by atoms with Crippen LogP contribution in [0.4, 0.5) is 0 Å². The van der Waals surface area contributed by atoms with Gasteiger partial charge in [-0.3, -0.25) is 0 Å². The molecule has 0 rings (SSSR count). The van der Waals surface area contributed by atoms with Gasteiger partial charge in [0.05, 0.1) is 0 Å². The maximum atomic E-state index is 3.87. The van der Waals surface area contributed by atoms with E-state index in [0.717, 1.165) is 6.32 Å². The Morgan fingerprint density at radius 2 is 2.33 bits per heavy atom. The number of hydrogen-bond acceptors (Lipinski definition) is 1. The minimum atomic E-state index is 1.16. The van der Waals surface area contributed by atoms with Gasteiger partial charge in [0.15, 0.2) is 0 Å². The third-order valence-corrected chi connectivity index (χ3v) is 0.772. The zero-order valence-electron chi connectivity index (χ0n) is 4.02. The van der Waals surface area contributed by atoms with Crippen LogP contribution in [0.15, 0.2) is 0 Å². The maximum absolute atomic E-state index is 3.87. The van der Waals surface area contributed by atoms with E-state index >= 15 is 0 Å². The average molecular weight is 97.8 g/mol. The molecule has 0 amide bonds. The van der Waals surface area contributed by atoms with Gasteiger partial charge in [-0.1, -0.05) is 0 Å². The molecular formula is C3H8B2S. The summed E-state index contributed by atoms with van der Waals surface area (Å²) in [6.07, 6.45) is 4.16. The van der Waals surface area contributed by atoms with Crippen LogP contribution in [0.2, 0.25) is 6.32 Å². The second kappa shape index (κ2) is 5.48. The summed E-state index contributed by atoms with van der Waals surface area (Å²) < 4.78 is 0. The molecule has 0 aromatic carbocycles. The Labute approximate surface area is 45.7 Å². The molecule has 0 aliphatic carbocycles. The van der Waals surface area contributed by atoms with Crippen LogP contribution in [0, 0.1) is 0 Å². The molecule has 0 aromatic heterocycles. The van der Waals surface area contributed by atoms with E-state index in [9.17, 15) is 0 Å². The van der Waals surface area contributed by atoms with Crippen LogP contribution < -0.4 is 0 Å². The fraction of sp³-hybridized carbons (Fsp3) is 1.00. The van der Waals surface area contributed by atoms with E-state index in [1.165, 1.54) is 6.42 Å². The first-order chi connectivity index (χ1) is 2.91. The fourth-order valence-corrected chi connectivity index (χ4v) is 0.390.